The Balaban J connectivity index is 2.92. The van der Waals surface area contributed by atoms with Gasteiger partial charge in [0.15, 0.2) is 0 Å². The molecule has 0 aliphatic carbocycles. The molecule has 0 fully saturated rings. The van der Waals surface area contributed by atoms with Gasteiger partial charge in [-0.05, 0) is 6.92 Å². The number of rotatable bonds is 3. The van der Waals surface area contributed by atoms with Crippen molar-refractivity contribution in [1.82, 2.24) is 14.8 Å². The van der Waals surface area contributed by atoms with Gasteiger partial charge in [0, 0.05) is 5.92 Å². The third-order valence-electron chi connectivity index (χ3n) is 1.63. The van der Waals surface area contributed by atoms with Gasteiger partial charge in [0.1, 0.15) is 11.6 Å². The van der Waals surface area contributed by atoms with Crippen molar-refractivity contribution < 1.29 is 5.11 Å². The summed E-state index contributed by atoms with van der Waals surface area (Å²) in [7, 11) is 0. The molecule has 0 unspecified atom stereocenters. The van der Waals surface area contributed by atoms with Crippen LogP contribution in [0, 0.1) is 6.92 Å². The van der Waals surface area contributed by atoms with Crippen molar-refractivity contribution in [2.24, 2.45) is 0 Å². The normalized spacial score (nSPS) is 11.1. The van der Waals surface area contributed by atoms with Gasteiger partial charge in [-0.25, -0.2) is 9.67 Å². The van der Waals surface area contributed by atoms with Gasteiger partial charge in [0.25, 0.3) is 0 Å². The van der Waals surface area contributed by atoms with Crippen LogP contribution in [0.1, 0.15) is 31.4 Å². The first-order valence-electron chi connectivity index (χ1n) is 4.17. The zero-order chi connectivity index (χ0) is 9.14. The maximum absolute atomic E-state index is 8.75. The number of aliphatic hydroxyl groups excluding tert-OH is 1. The minimum atomic E-state index is 0.114. The summed E-state index contributed by atoms with van der Waals surface area (Å²) in [6.45, 7) is 6.64. The minimum Gasteiger partial charge on any atom is -0.394 e. The van der Waals surface area contributed by atoms with Gasteiger partial charge in [-0.3, -0.25) is 0 Å². The molecule has 1 N–H and O–H groups in total. The Morgan fingerprint density at radius 1 is 1.50 bits per heavy atom. The highest BCUT2D eigenvalue weighted by atomic mass is 16.3. The van der Waals surface area contributed by atoms with Crippen LogP contribution in [0.15, 0.2) is 0 Å². The molecule has 1 aromatic rings. The van der Waals surface area contributed by atoms with Gasteiger partial charge in [-0.15, -0.1) is 0 Å². The summed E-state index contributed by atoms with van der Waals surface area (Å²) in [5, 5.41) is 12.9. The maximum Gasteiger partial charge on any atom is 0.147 e. The number of hydrogen-bond acceptors (Lipinski definition) is 3. The van der Waals surface area contributed by atoms with Gasteiger partial charge in [-0.2, -0.15) is 5.10 Å². The molecule has 0 radical (unpaired) electrons. The van der Waals surface area contributed by atoms with Crippen molar-refractivity contribution in [2.75, 3.05) is 6.61 Å². The molecule has 0 aliphatic heterocycles. The van der Waals surface area contributed by atoms with E-state index in [1.54, 1.807) is 4.68 Å². The largest absolute Gasteiger partial charge is 0.394 e. The summed E-state index contributed by atoms with van der Waals surface area (Å²) in [6.07, 6.45) is 0. The molecule has 12 heavy (non-hydrogen) atoms. The van der Waals surface area contributed by atoms with E-state index in [1.165, 1.54) is 0 Å². The zero-order valence-electron chi connectivity index (χ0n) is 7.78. The van der Waals surface area contributed by atoms with Crippen molar-refractivity contribution in [2.45, 2.75) is 33.2 Å². The third-order valence-corrected chi connectivity index (χ3v) is 1.63. The molecule has 0 bridgehead atoms. The lowest BCUT2D eigenvalue weighted by Crippen LogP contribution is -2.09. The topological polar surface area (TPSA) is 50.9 Å². The predicted octanol–water partition coefficient (Wildman–Crippen LogP) is 0.702. The Hall–Kier alpha value is -0.900. The first-order chi connectivity index (χ1) is 5.65. The standard InChI is InChI=1S/C8H15N3O/c1-6(2)8-9-7(3)10-11(8)4-5-12/h6,12H,4-5H2,1-3H3. The van der Waals surface area contributed by atoms with Crippen molar-refractivity contribution in [1.29, 1.82) is 0 Å². The van der Waals surface area contributed by atoms with Crippen LogP contribution in [0.4, 0.5) is 0 Å². The summed E-state index contributed by atoms with van der Waals surface area (Å²) >= 11 is 0. The Bertz CT molecular complexity index is 255. The number of aromatic nitrogens is 3. The highest BCUT2D eigenvalue weighted by molar-refractivity contribution is 4.96. The van der Waals surface area contributed by atoms with Gasteiger partial charge >= 0.3 is 0 Å². The average Bonchev–Trinajstić information content (AvgIpc) is 2.32. The molecule has 0 aliphatic rings. The Morgan fingerprint density at radius 2 is 2.17 bits per heavy atom. The zero-order valence-corrected chi connectivity index (χ0v) is 7.78. The molecule has 0 amide bonds. The molecular weight excluding hydrogens is 154 g/mol. The van der Waals surface area contributed by atoms with E-state index >= 15 is 0 Å². The molecule has 4 heteroatoms. The van der Waals surface area contributed by atoms with Crippen LogP contribution in [-0.4, -0.2) is 26.5 Å². The Labute approximate surface area is 72.2 Å². The Kier molecular flexibility index (Phi) is 2.81. The Morgan fingerprint density at radius 3 is 2.67 bits per heavy atom. The lowest BCUT2D eigenvalue weighted by Gasteiger charge is -2.05. The summed E-state index contributed by atoms with van der Waals surface area (Å²) in [6, 6.07) is 0. The number of aryl methyl sites for hydroxylation is 1. The summed E-state index contributed by atoms with van der Waals surface area (Å²) in [4.78, 5) is 4.27. The number of aliphatic hydroxyl groups is 1. The molecule has 1 heterocycles. The van der Waals surface area contributed by atoms with Gasteiger partial charge in [0.2, 0.25) is 0 Å². The monoisotopic (exact) mass is 169 g/mol. The molecule has 0 saturated heterocycles. The average molecular weight is 169 g/mol. The smallest absolute Gasteiger partial charge is 0.147 e. The van der Waals surface area contributed by atoms with Crippen LogP contribution < -0.4 is 0 Å². The van der Waals surface area contributed by atoms with E-state index in [-0.39, 0.29) is 6.61 Å². The molecule has 0 saturated carbocycles. The second kappa shape index (κ2) is 3.67. The highest BCUT2D eigenvalue weighted by Gasteiger charge is 2.09. The molecule has 0 atom stereocenters. The van der Waals surface area contributed by atoms with Crippen molar-refractivity contribution in [3.63, 3.8) is 0 Å². The maximum atomic E-state index is 8.75. The van der Waals surface area contributed by atoms with Crippen molar-refractivity contribution >= 4 is 0 Å². The van der Waals surface area contributed by atoms with Gasteiger partial charge in [0.05, 0.1) is 13.2 Å². The van der Waals surface area contributed by atoms with E-state index in [4.69, 9.17) is 5.11 Å². The molecule has 68 valence electrons. The fourth-order valence-corrected chi connectivity index (χ4v) is 1.16. The van der Waals surface area contributed by atoms with E-state index in [1.807, 2.05) is 6.92 Å². The molecule has 4 nitrogen and oxygen atoms in total. The van der Waals surface area contributed by atoms with E-state index in [0.29, 0.717) is 12.5 Å². The van der Waals surface area contributed by atoms with Crippen LogP contribution in [0.3, 0.4) is 0 Å². The van der Waals surface area contributed by atoms with Crippen molar-refractivity contribution in [3.8, 4) is 0 Å². The lowest BCUT2D eigenvalue weighted by molar-refractivity contribution is 0.266. The summed E-state index contributed by atoms with van der Waals surface area (Å²) in [5.74, 6) is 2.08. The molecule has 1 rings (SSSR count). The molecule has 0 aromatic carbocycles. The number of hydrogen-bond donors (Lipinski definition) is 1. The fourth-order valence-electron chi connectivity index (χ4n) is 1.16. The first kappa shape index (κ1) is 9.19. The SMILES string of the molecule is Cc1nc(C(C)C)n(CCO)n1. The van der Waals surface area contributed by atoms with E-state index in [2.05, 4.69) is 23.9 Å². The molecular formula is C8H15N3O. The van der Waals surface area contributed by atoms with Crippen molar-refractivity contribution in [3.05, 3.63) is 11.6 Å². The van der Waals surface area contributed by atoms with E-state index < -0.39 is 0 Å². The van der Waals surface area contributed by atoms with Crippen LogP contribution >= 0.6 is 0 Å². The van der Waals surface area contributed by atoms with E-state index in [0.717, 1.165) is 11.6 Å². The second-order valence-corrected chi connectivity index (χ2v) is 3.12. The number of nitrogens with zero attached hydrogens (tertiary/aromatic N) is 3. The summed E-state index contributed by atoms with van der Waals surface area (Å²) in [5.41, 5.74) is 0. The van der Waals surface area contributed by atoms with E-state index in [9.17, 15) is 0 Å². The first-order valence-corrected chi connectivity index (χ1v) is 4.17. The fraction of sp³-hybridized carbons (Fsp3) is 0.750. The molecule has 0 spiro atoms. The van der Waals surface area contributed by atoms with Gasteiger partial charge < -0.3 is 5.11 Å². The predicted molar refractivity (Wildman–Crippen MR) is 45.9 cm³/mol. The van der Waals surface area contributed by atoms with Crippen LogP contribution in [0.25, 0.3) is 0 Å². The highest BCUT2D eigenvalue weighted by Crippen LogP contribution is 2.10. The van der Waals surface area contributed by atoms with Crippen LogP contribution in [-0.2, 0) is 6.54 Å². The minimum absolute atomic E-state index is 0.114. The summed E-state index contributed by atoms with van der Waals surface area (Å²) < 4.78 is 1.76. The third kappa shape index (κ3) is 1.82. The quantitative estimate of drug-likeness (QED) is 0.724. The lowest BCUT2D eigenvalue weighted by atomic mass is 10.2. The van der Waals surface area contributed by atoms with Crippen LogP contribution in [0.5, 0.6) is 0 Å². The second-order valence-electron chi connectivity index (χ2n) is 3.12. The van der Waals surface area contributed by atoms with Crippen LogP contribution in [0.2, 0.25) is 0 Å². The molecule has 1 aromatic heterocycles. The van der Waals surface area contributed by atoms with Gasteiger partial charge in [-0.1, -0.05) is 13.8 Å².